The van der Waals surface area contributed by atoms with Crippen molar-refractivity contribution in [3.05, 3.63) is 40.7 Å². The Kier molecular flexibility index (Phi) is 5.38. The van der Waals surface area contributed by atoms with Crippen LogP contribution in [-0.4, -0.2) is 46.2 Å². The molecule has 1 aliphatic rings. The van der Waals surface area contributed by atoms with Crippen molar-refractivity contribution >= 4 is 40.2 Å². The van der Waals surface area contributed by atoms with E-state index in [0.717, 1.165) is 41.7 Å². The van der Waals surface area contributed by atoms with Gasteiger partial charge in [-0.15, -0.1) is 0 Å². The second-order valence-electron chi connectivity index (χ2n) is 7.29. The summed E-state index contributed by atoms with van der Waals surface area (Å²) in [5, 5.41) is 1.58. The first-order chi connectivity index (χ1) is 14.0. The Hall–Kier alpha value is -2.71. The zero-order valence-corrected chi connectivity index (χ0v) is 17.2. The van der Waals surface area contributed by atoms with Crippen LogP contribution in [0, 0.1) is 0 Å². The smallest absolute Gasteiger partial charge is 0.225 e. The van der Waals surface area contributed by atoms with Crippen LogP contribution in [0.25, 0.3) is 10.9 Å². The zero-order chi connectivity index (χ0) is 20.5. The van der Waals surface area contributed by atoms with Crippen molar-refractivity contribution in [2.24, 2.45) is 0 Å². The van der Waals surface area contributed by atoms with E-state index in [1.807, 2.05) is 25.1 Å². The third kappa shape index (κ3) is 3.77. The van der Waals surface area contributed by atoms with Crippen LogP contribution in [0.2, 0.25) is 5.02 Å². The maximum absolute atomic E-state index is 6.45. The molecule has 1 fully saturated rings. The van der Waals surface area contributed by atoms with E-state index in [9.17, 15) is 0 Å². The molecule has 0 aliphatic carbocycles. The van der Waals surface area contributed by atoms with E-state index < -0.39 is 0 Å². The Balaban J connectivity index is 1.89. The van der Waals surface area contributed by atoms with Crippen molar-refractivity contribution in [2.75, 3.05) is 36.6 Å². The first-order valence-corrected chi connectivity index (χ1v) is 9.97. The summed E-state index contributed by atoms with van der Waals surface area (Å²) < 4.78 is 5.44. The van der Waals surface area contributed by atoms with E-state index in [0.29, 0.717) is 17.5 Å². The lowest BCUT2D eigenvalue weighted by atomic mass is 9.98. The van der Waals surface area contributed by atoms with Crippen molar-refractivity contribution in [3.63, 3.8) is 0 Å². The predicted molar refractivity (Wildman–Crippen MR) is 115 cm³/mol. The molecular formula is C20H24ClN7O. The molecule has 0 saturated carbocycles. The van der Waals surface area contributed by atoms with Gasteiger partial charge in [-0.05, 0) is 25.0 Å². The van der Waals surface area contributed by atoms with E-state index in [2.05, 4.69) is 25.9 Å². The summed E-state index contributed by atoms with van der Waals surface area (Å²) in [5.41, 5.74) is 13.4. The van der Waals surface area contributed by atoms with Crippen molar-refractivity contribution in [2.45, 2.75) is 31.7 Å². The minimum Gasteiger partial charge on any atom is -0.383 e. The van der Waals surface area contributed by atoms with E-state index in [1.165, 1.54) is 0 Å². The van der Waals surface area contributed by atoms with Gasteiger partial charge in [-0.2, -0.15) is 15.0 Å². The summed E-state index contributed by atoms with van der Waals surface area (Å²) in [6.45, 7) is 3.56. The normalized spacial score (nSPS) is 17.8. The second kappa shape index (κ2) is 7.96. The zero-order valence-electron chi connectivity index (χ0n) is 16.5. The van der Waals surface area contributed by atoms with Crippen LogP contribution in [0.4, 0.5) is 17.7 Å². The van der Waals surface area contributed by atoms with Crippen LogP contribution >= 0.6 is 11.6 Å². The van der Waals surface area contributed by atoms with Crippen LogP contribution in [0.15, 0.2) is 24.3 Å². The summed E-state index contributed by atoms with van der Waals surface area (Å²) in [5.74, 6) is 1.42. The maximum Gasteiger partial charge on any atom is 0.225 e. The molecule has 0 spiro atoms. The first-order valence-electron chi connectivity index (χ1n) is 9.59. The molecule has 0 bridgehead atoms. The number of fused-ring (bicyclic) bond motifs is 1. The molecule has 3 aromatic rings. The number of nitrogens with two attached hydrogens (primary N) is 2. The highest BCUT2D eigenvalue weighted by atomic mass is 35.5. The molecule has 4 N–H and O–H groups in total. The largest absolute Gasteiger partial charge is 0.383 e. The fraction of sp³-hybridized carbons (Fsp3) is 0.400. The number of rotatable bonds is 5. The van der Waals surface area contributed by atoms with Crippen LogP contribution in [0.5, 0.6) is 0 Å². The van der Waals surface area contributed by atoms with Crippen LogP contribution in [-0.2, 0) is 4.74 Å². The highest BCUT2D eigenvalue weighted by Gasteiger charge is 2.30. The predicted octanol–water partition coefficient (Wildman–Crippen LogP) is 3.00. The number of nitrogen functional groups attached to an aromatic ring is 2. The maximum atomic E-state index is 6.45. The van der Waals surface area contributed by atoms with Gasteiger partial charge in [-0.3, -0.25) is 0 Å². The average Bonchev–Trinajstić information content (AvgIpc) is 3.14. The molecule has 1 aliphatic heterocycles. The Labute approximate surface area is 174 Å². The van der Waals surface area contributed by atoms with E-state index in [-0.39, 0.29) is 23.9 Å². The van der Waals surface area contributed by atoms with E-state index in [1.54, 1.807) is 7.11 Å². The van der Waals surface area contributed by atoms with Gasteiger partial charge >= 0.3 is 0 Å². The van der Waals surface area contributed by atoms with Gasteiger partial charge in [0.05, 0.1) is 23.2 Å². The molecule has 2 atom stereocenters. The van der Waals surface area contributed by atoms with Gasteiger partial charge < -0.3 is 21.1 Å². The van der Waals surface area contributed by atoms with Crippen LogP contribution in [0.1, 0.15) is 37.1 Å². The Morgan fingerprint density at radius 2 is 1.97 bits per heavy atom. The van der Waals surface area contributed by atoms with Gasteiger partial charge in [0.15, 0.2) is 0 Å². The highest BCUT2D eigenvalue weighted by Crippen LogP contribution is 2.37. The minimum absolute atomic E-state index is 0.108. The first kappa shape index (κ1) is 19.6. The summed E-state index contributed by atoms with van der Waals surface area (Å²) in [4.78, 5) is 19.8. The number of benzene rings is 1. The van der Waals surface area contributed by atoms with E-state index >= 15 is 0 Å². The molecule has 1 saturated heterocycles. The number of hydrogen-bond donors (Lipinski definition) is 2. The lowest BCUT2D eigenvalue weighted by Crippen LogP contribution is -2.34. The molecule has 2 aromatic heterocycles. The third-order valence-electron chi connectivity index (χ3n) is 5.35. The summed E-state index contributed by atoms with van der Waals surface area (Å²) in [6, 6.07) is 8.14. The number of pyridine rings is 1. The summed E-state index contributed by atoms with van der Waals surface area (Å²) >= 11 is 6.45. The number of aromatic nitrogens is 4. The molecule has 0 amide bonds. The summed E-state index contributed by atoms with van der Waals surface area (Å²) in [7, 11) is 1.72. The number of methoxy groups -OCH3 is 1. The summed E-state index contributed by atoms with van der Waals surface area (Å²) in [6.07, 6.45) is 2.13. The topological polar surface area (TPSA) is 116 Å². The molecule has 152 valence electrons. The minimum atomic E-state index is -0.183. The van der Waals surface area contributed by atoms with Crippen molar-refractivity contribution in [3.8, 4) is 0 Å². The van der Waals surface area contributed by atoms with Crippen molar-refractivity contribution < 1.29 is 4.74 Å². The van der Waals surface area contributed by atoms with Crippen LogP contribution < -0.4 is 16.4 Å². The highest BCUT2D eigenvalue weighted by molar-refractivity contribution is 6.35. The molecule has 4 rings (SSSR count). The monoisotopic (exact) mass is 413 g/mol. The number of ether oxygens (including phenoxy) is 1. The van der Waals surface area contributed by atoms with Gasteiger partial charge in [0.2, 0.25) is 11.9 Å². The number of halogens is 1. The molecule has 0 unspecified atom stereocenters. The van der Waals surface area contributed by atoms with Gasteiger partial charge in [0.1, 0.15) is 11.6 Å². The van der Waals surface area contributed by atoms with Gasteiger partial charge in [0.25, 0.3) is 0 Å². The number of nitrogens with zero attached hydrogens (tertiary/aromatic N) is 5. The Morgan fingerprint density at radius 1 is 1.21 bits per heavy atom. The Morgan fingerprint density at radius 3 is 2.69 bits per heavy atom. The van der Waals surface area contributed by atoms with Crippen LogP contribution in [0.3, 0.4) is 0 Å². The number of anilines is 3. The van der Waals surface area contributed by atoms with Crippen molar-refractivity contribution in [1.29, 1.82) is 0 Å². The van der Waals surface area contributed by atoms with Gasteiger partial charge in [-0.1, -0.05) is 30.7 Å². The van der Waals surface area contributed by atoms with Crippen molar-refractivity contribution in [1.82, 2.24) is 19.9 Å². The lowest BCUT2D eigenvalue weighted by molar-refractivity contribution is 0.180. The molecule has 3 heterocycles. The second-order valence-corrected chi connectivity index (χ2v) is 7.70. The average molecular weight is 414 g/mol. The number of para-hydroxylation sites is 1. The fourth-order valence-electron chi connectivity index (χ4n) is 3.96. The number of hydrogen-bond acceptors (Lipinski definition) is 8. The SMILES string of the molecule is COC[C@@H]1CCCN1c1nc2c(Cl)cccc2cc1[C@H](C)c1nc(N)nc(N)n1. The molecule has 0 radical (unpaired) electrons. The quantitative estimate of drug-likeness (QED) is 0.655. The lowest BCUT2D eigenvalue weighted by Gasteiger charge is -2.29. The third-order valence-corrected chi connectivity index (χ3v) is 5.66. The Bertz CT molecular complexity index is 1020. The van der Waals surface area contributed by atoms with E-state index in [4.69, 9.17) is 32.8 Å². The van der Waals surface area contributed by atoms with Gasteiger partial charge in [0, 0.05) is 30.5 Å². The molecular weight excluding hydrogens is 390 g/mol. The fourth-order valence-corrected chi connectivity index (χ4v) is 4.18. The molecule has 29 heavy (non-hydrogen) atoms. The standard InChI is InChI=1S/C20H24ClN7O/c1-11(17-25-19(22)27-20(23)26-17)14-9-12-5-3-7-15(21)16(12)24-18(14)28-8-4-6-13(28)10-29-2/h3,5,7,9,11,13H,4,6,8,10H2,1-2H3,(H4,22,23,25,26,27)/t11-,13-/m0/s1. The molecule has 8 nitrogen and oxygen atoms in total. The molecule has 9 heteroatoms. The van der Waals surface area contributed by atoms with Gasteiger partial charge in [-0.25, -0.2) is 4.98 Å². The molecule has 1 aromatic carbocycles.